The third-order valence-electron chi connectivity index (χ3n) is 5.67. The summed E-state index contributed by atoms with van der Waals surface area (Å²) in [5.41, 5.74) is 5.73. The van der Waals surface area contributed by atoms with Crippen LogP contribution in [0.25, 0.3) is 16.6 Å². The third-order valence-corrected chi connectivity index (χ3v) is 5.67. The van der Waals surface area contributed by atoms with Gasteiger partial charge in [0.05, 0.1) is 22.4 Å². The molecule has 0 aliphatic carbocycles. The minimum absolute atomic E-state index is 0.174. The summed E-state index contributed by atoms with van der Waals surface area (Å²) in [4.78, 5) is 2.66. The fourth-order valence-electron chi connectivity index (χ4n) is 4.68. The zero-order valence-electron chi connectivity index (χ0n) is 12.9. The SMILES string of the molecule is CCC12CCCN1c1ccccc1-n1c2cc2ccccc21. The molecule has 2 heteroatoms. The molecule has 1 atom stereocenters. The lowest BCUT2D eigenvalue weighted by atomic mass is 9.86. The van der Waals surface area contributed by atoms with Crippen molar-refractivity contribution in [3.63, 3.8) is 0 Å². The lowest BCUT2D eigenvalue weighted by Gasteiger charge is -2.45. The van der Waals surface area contributed by atoms with Gasteiger partial charge >= 0.3 is 0 Å². The van der Waals surface area contributed by atoms with Crippen LogP contribution in [0.1, 0.15) is 31.9 Å². The second-order valence-electron chi connectivity index (χ2n) is 6.55. The minimum atomic E-state index is 0.174. The zero-order chi connectivity index (χ0) is 14.7. The predicted molar refractivity (Wildman–Crippen MR) is 91.8 cm³/mol. The maximum atomic E-state index is 2.66. The van der Waals surface area contributed by atoms with Gasteiger partial charge < -0.3 is 9.47 Å². The van der Waals surface area contributed by atoms with Crippen LogP contribution in [0.2, 0.25) is 0 Å². The smallest absolute Gasteiger partial charge is 0.0806 e. The number of benzene rings is 2. The van der Waals surface area contributed by atoms with Gasteiger partial charge in [0.25, 0.3) is 0 Å². The van der Waals surface area contributed by atoms with Gasteiger partial charge in [0, 0.05) is 17.6 Å². The molecule has 1 aromatic heterocycles. The average Bonchev–Trinajstić information content (AvgIpc) is 3.17. The van der Waals surface area contributed by atoms with Crippen molar-refractivity contribution in [3.8, 4) is 5.69 Å². The van der Waals surface area contributed by atoms with Crippen molar-refractivity contribution in [2.75, 3.05) is 11.4 Å². The highest BCUT2D eigenvalue weighted by Gasteiger charge is 2.47. The minimum Gasteiger partial charge on any atom is -0.359 e. The van der Waals surface area contributed by atoms with E-state index >= 15 is 0 Å². The summed E-state index contributed by atoms with van der Waals surface area (Å²) in [7, 11) is 0. The summed E-state index contributed by atoms with van der Waals surface area (Å²) in [5.74, 6) is 0. The van der Waals surface area contributed by atoms with Crippen molar-refractivity contribution in [1.82, 2.24) is 4.57 Å². The Hall–Kier alpha value is -2.22. The lowest BCUT2D eigenvalue weighted by Crippen LogP contribution is -2.45. The number of anilines is 1. The molecule has 2 aliphatic rings. The Morgan fingerprint density at radius 2 is 1.77 bits per heavy atom. The number of para-hydroxylation sites is 3. The van der Waals surface area contributed by atoms with Crippen LogP contribution in [-0.2, 0) is 5.54 Å². The Labute approximate surface area is 131 Å². The van der Waals surface area contributed by atoms with E-state index < -0.39 is 0 Å². The van der Waals surface area contributed by atoms with E-state index in [4.69, 9.17) is 0 Å². The highest BCUT2D eigenvalue weighted by molar-refractivity contribution is 5.87. The van der Waals surface area contributed by atoms with E-state index in [9.17, 15) is 0 Å². The molecule has 0 radical (unpaired) electrons. The normalized spacial score (nSPS) is 22.5. The second kappa shape index (κ2) is 4.16. The number of hydrogen-bond donors (Lipinski definition) is 0. The molecule has 1 saturated heterocycles. The summed E-state index contributed by atoms with van der Waals surface area (Å²) in [5, 5.41) is 1.36. The predicted octanol–water partition coefficient (Wildman–Crippen LogP) is 4.85. The number of hydrogen-bond acceptors (Lipinski definition) is 1. The molecule has 22 heavy (non-hydrogen) atoms. The summed E-state index contributed by atoms with van der Waals surface area (Å²) < 4.78 is 2.51. The molecule has 0 bridgehead atoms. The van der Waals surface area contributed by atoms with Crippen molar-refractivity contribution >= 4 is 16.6 Å². The summed E-state index contributed by atoms with van der Waals surface area (Å²) in [6.07, 6.45) is 3.70. The number of nitrogens with zero attached hydrogens (tertiary/aromatic N) is 2. The van der Waals surface area contributed by atoms with Gasteiger partial charge in [-0.25, -0.2) is 0 Å². The van der Waals surface area contributed by atoms with Gasteiger partial charge in [0.2, 0.25) is 0 Å². The first-order valence-electron chi connectivity index (χ1n) is 8.33. The van der Waals surface area contributed by atoms with Crippen LogP contribution in [0, 0.1) is 0 Å². The summed E-state index contributed by atoms with van der Waals surface area (Å²) in [6.45, 7) is 3.51. The summed E-state index contributed by atoms with van der Waals surface area (Å²) >= 11 is 0. The first-order valence-corrected chi connectivity index (χ1v) is 8.33. The van der Waals surface area contributed by atoms with Crippen LogP contribution in [0.3, 0.4) is 0 Å². The van der Waals surface area contributed by atoms with Gasteiger partial charge in [-0.3, -0.25) is 0 Å². The number of fused-ring (bicyclic) bond motifs is 8. The Morgan fingerprint density at radius 1 is 1.00 bits per heavy atom. The van der Waals surface area contributed by atoms with Crippen molar-refractivity contribution in [2.45, 2.75) is 31.7 Å². The van der Waals surface area contributed by atoms with E-state index in [-0.39, 0.29) is 5.54 Å². The summed E-state index contributed by atoms with van der Waals surface area (Å²) in [6, 6.07) is 20.1. The van der Waals surface area contributed by atoms with E-state index in [0.717, 1.165) is 6.42 Å². The second-order valence-corrected chi connectivity index (χ2v) is 6.55. The molecular weight excluding hydrogens is 268 g/mol. The van der Waals surface area contributed by atoms with Gasteiger partial charge in [0.1, 0.15) is 0 Å². The van der Waals surface area contributed by atoms with E-state index in [2.05, 4.69) is 71.0 Å². The standard InChI is InChI=1S/C20H20N2/c1-2-20-12-7-13-21(20)17-10-5-6-11-18(17)22-16-9-4-3-8-15(16)14-19(20)22/h3-6,8-11,14H,2,7,12-13H2,1H3. The largest absolute Gasteiger partial charge is 0.359 e. The Balaban J connectivity index is 1.95. The van der Waals surface area contributed by atoms with E-state index in [0.29, 0.717) is 0 Å². The quantitative estimate of drug-likeness (QED) is 0.621. The molecule has 0 amide bonds. The monoisotopic (exact) mass is 288 g/mol. The highest BCUT2D eigenvalue weighted by Crippen LogP contribution is 2.51. The lowest BCUT2D eigenvalue weighted by molar-refractivity contribution is 0.401. The Bertz CT molecular complexity index is 876. The molecule has 2 aliphatic heterocycles. The average molecular weight is 288 g/mol. The molecule has 2 nitrogen and oxygen atoms in total. The fraction of sp³-hybridized carbons (Fsp3) is 0.300. The number of rotatable bonds is 1. The molecule has 3 aromatic rings. The van der Waals surface area contributed by atoms with E-state index in [1.807, 2.05) is 0 Å². The highest BCUT2D eigenvalue weighted by atomic mass is 15.3. The van der Waals surface area contributed by atoms with Gasteiger partial charge in [-0.2, -0.15) is 0 Å². The molecule has 2 aromatic carbocycles. The maximum absolute atomic E-state index is 2.66. The van der Waals surface area contributed by atoms with Gasteiger partial charge in [-0.15, -0.1) is 0 Å². The van der Waals surface area contributed by atoms with Crippen LogP contribution < -0.4 is 4.90 Å². The van der Waals surface area contributed by atoms with Gasteiger partial charge in [0.15, 0.2) is 0 Å². The molecular formula is C20H20N2. The Kier molecular flexibility index (Phi) is 2.33. The van der Waals surface area contributed by atoms with Gasteiger partial charge in [-0.05, 0) is 43.5 Å². The Morgan fingerprint density at radius 3 is 2.64 bits per heavy atom. The number of aromatic nitrogens is 1. The molecule has 110 valence electrons. The fourth-order valence-corrected chi connectivity index (χ4v) is 4.68. The topological polar surface area (TPSA) is 8.17 Å². The molecule has 0 saturated carbocycles. The van der Waals surface area contributed by atoms with Crippen LogP contribution in [0.5, 0.6) is 0 Å². The molecule has 0 spiro atoms. The van der Waals surface area contributed by atoms with Crippen molar-refractivity contribution in [1.29, 1.82) is 0 Å². The first-order chi connectivity index (χ1) is 10.8. The third kappa shape index (κ3) is 1.31. The van der Waals surface area contributed by atoms with E-state index in [1.54, 1.807) is 0 Å². The maximum Gasteiger partial charge on any atom is 0.0806 e. The van der Waals surface area contributed by atoms with Crippen LogP contribution in [-0.4, -0.2) is 11.1 Å². The van der Waals surface area contributed by atoms with Crippen molar-refractivity contribution in [2.24, 2.45) is 0 Å². The molecule has 3 heterocycles. The van der Waals surface area contributed by atoms with Crippen LogP contribution in [0.15, 0.2) is 54.6 Å². The first kappa shape index (κ1) is 12.3. The van der Waals surface area contributed by atoms with Crippen molar-refractivity contribution in [3.05, 3.63) is 60.3 Å². The molecule has 1 unspecified atom stereocenters. The zero-order valence-corrected chi connectivity index (χ0v) is 12.9. The van der Waals surface area contributed by atoms with E-state index in [1.165, 1.54) is 47.4 Å². The molecule has 0 N–H and O–H groups in total. The van der Waals surface area contributed by atoms with Crippen molar-refractivity contribution < 1.29 is 0 Å². The van der Waals surface area contributed by atoms with Crippen LogP contribution in [0.4, 0.5) is 5.69 Å². The molecule has 1 fully saturated rings. The van der Waals surface area contributed by atoms with Gasteiger partial charge in [-0.1, -0.05) is 37.3 Å². The molecule has 5 rings (SSSR count). The van der Waals surface area contributed by atoms with Crippen LogP contribution >= 0.6 is 0 Å².